The highest BCUT2D eigenvalue weighted by molar-refractivity contribution is 6.39. The van der Waals surface area contributed by atoms with E-state index in [1.165, 1.54) is 12.8 Å². The van der Waals surface area contributed by atoms with E-state index in [1.54, 1.807) is 18.2 Å². The van der Waals surface area contributed by atoms with Crippen LogP contribution in [0.5, 0.6) is 0 Å². The van der Waals surface area contributed by atoms with Crippen LogP contribution in [0.15, 0.2) is 35.9 Å². The summed E-state index contributed by atoms with van der Waals surface area (Å²) in [5, 5.41) is 2.29. The quantitative estimate of drug-likeness (QED) is 0.630. The number of aromatic nitrogens is 1. The lowest BCUT2D eigenvalue weighted by Crippen LogP contribution is -2.54. The average Bonchev–Trinajstić information content (AvgIpc) is 3.28. The molecular formula is C23H25N3O3. The van der Waals surface area contributed by atoms with Crippen molar-refractivity contribution >= 4 is 29.6 Å². The van der Waals surface area contributed by atoms with Gasteiger partial charge in [-0.25, -0.2) is 9.69 Å². The van der Waals surface area contributed by atoms with Crippen molar-refractivity contribution in [2.45, 2.75) is 52.5 Å². The largest absolute Gasteiger partial charge is 0.346 e. The van der Waals surface area contributed by atoms with Crippen LogP contribution in [0.3, 0.4) is 0 Å². The summed E-state index contributed by atoms with van der Waals surface area (Å²) < 4.78 is 2.31. The Morgan fingerprint density at radius 3 is 2.31 bits per heavy atom. The van der Waals surface area contributed by atoms with Gasteiger partial charge in [-0.3, -0.25) is 14.9 Å². The van der Waals surface area contributed by atoms with Crippen LogP contribution in [0.2, 0.25) is 0 Å². The monoisotopic (exact) mass is 391 g/mol. The van der Waals surface area contributed by atoms with Crippen molar-refractivity contribution < 1.29 is 14.4 Å². The predicted molar refractivity (Wildman–Crippen MR) is 112 cm³/mol. The minimum atomic E-state index is -0.725. The highest BCUT2D eigenvalue weighted by atomic mass is 16.2. The molecule has 2 fully saturated rings. The number of barbiturate groups is 1. The maximum absolute atomic E-state index is 13.1. The van der Waals surface area contributed by atoms with Crippen LogP contribution in [0.25, 0.3) is 6.08 Å². The fourth-order valence-electron chi connectivity index (χ4n) is 4.41. The molecule has 2 aliphatic rings. The van der Waals surface area contributed by atoms with Crippen LogP contribution < -0.4 is 10.2 Å². The minimum absolute atomic E-state index is 0.0307. The van der Waals surface area contributed by atoms with Gasteiger partial charge in [0.1, 0.15) is 5.57 Å². The molecule has 150 valence electrons. The number of hydrogen-bond donors (Lipinski definition) is 1. The number of urea groups is 1. The van der Waals surface area contributed by atoms with E-state index in [0.717, 1.165) is 40.3 Å². The van der Waals surface area contributed by atoms with Crippen LogP contribution in [0.1, 0.15) is 54.2 Å². The summed E-state index contributed by atoms with van der Waals surface area (Å²) in [5.41, 5.74) is 4.43. The molecule has 1 aromatic carbocycles. The van der Waals surface area contributed by atoms with Gasteiger partial charge in [-0.1, -0.05) is 30.5 Å². The van der Waals surface area contributed by atoms with E-state index < -0.39 is 17.8 Å². The molecule has 0 atom stereocenters. The number of nitrogens with zero attached hydrogens (tertiary/aromatic N) is 2. The topological polar surface area (TPSA) is 71.4 Å². The first-order valence-electron chi connectivity index (χ1n) is 10.0. The molecule has 0 unspecified atom stereocenters. The lowest BCUT2D eigenvalue weighted by atomic mass is 10.1. The van der Waals surface area contributed by atoms with Crippen molar-refractivity contribution in [1.29, 1.82) is 0 Å². The Balaban J connectivity index is 1.72. The van der Waals surface area contributed by atoms with E-state index in [1.807, 2.05) is 32.0 Å². The highest BCUT2D eigenvalue weighted by Gasteiger charge is 2.37. The third kappa shape index (κ3) is 3.39. The maximum atomic E-state index is 13.1. The first-order valence-corrected chi connectivity index (χ1v) is 10.0. The summed E-state index contributed by atoms with van der Waals surface area (Å²) in [6.07, 6.45) is 6.38. The van der Waals surface area contributed by atoms with Gasteiger partial charge in [0.25, 0.3) is 11.8 Å². The van der Waals surface area contributed by atoms with Gasteiger partial charge in [0.15, 0.2) is 0 Å². The summed E-state index contributed by atoms with van der Waals surface area (Å²) in [6, 6.07) is 8.81. The van der Waals surface area contributed by atoms with E-state index in [2.05, 4.69) is 16.8 Å². The normalized spacial score (nSPS) is 19.3. The minimum Gasteiger partial charge on any atom is -0.346 e. The molecule has 0 bridgehead atoms. The number of amides is 4. The molecule has 4 amide bonds. The third-order valence-electron chi connectivity index (χ3n) is 5.91. The molecule has 2 heterocycles. The second-order valence-corrected chi connectivity index (χ2v) is 7.93. The van der Waals surface area contributed by atoms with Gasteiger partial charge in [0.2, 0.25) is 0 Å². The summed E-state index contributed by atoms with van der Waals surface area (Å²) in [4.78, 5) is 38.9. The maximum Gasteiger partial charge on any atom is 0.335 e. The zero-order chi connectivity index (χ0) is 20.7. The molecule has 1 aliphatic carbocycles. The second-order valence-electron chi connectivity index (χ2n) is 7.93. The third-order valence-corrected chi connectivity index (χ3v) is 5.91. The number of benzene rings is 1. The molecule has 6 nitrogen and oxygen atoms in total. The summed E-state index contributed by atoms with van der Waals surface area (Å²) in [5.74, 6) is -1.26. The molecule has 1 N–H and O–H groups in total. The zero-order valence-corrected chi connectivity index (χ0v) is 17.0. The van der Waals surface area contributed by atoms with Crippen molar-refractivity contribution in [3.05, 3.63) is 58.4 Å². The second kappa shape index (κ2) is 7.35. The smallest absolute Gasteiger partial charge is 0.335 e. The lowest BCUT2D eigenvalue weighted by Gasteiger charge is -2.26. The van der Waals surface area contributed by atoms with E-state index >= 15 is 0 Å². The number of hydrogen-bond acceptors (Lipinski definition) is 3. The highest BCUT2D eigenvalue weighted by Crippen LogP contribution is 2.34. The SMILES string of the molecule is Cc1ccc(N2C(=O)NC(=O)/C(=C\c3cc(C)n(C4CCCC4)c3C)C2=O)cc1. The Morgan fingerprint density at radius 2 is 1.66 bits per heavy atom. The van der Waals surface area contributed by atoms with Gasteiger partial charge >= 0.3 is 6.03 Å². The van der Waals surface area contributed by atoms with Crippen molar-refractivity contribution in [3.8, 4) is 0 Å². The Labute approximate surface area is 170 Å². The summed E-state index contributed by atoms with van der Waals surface area (Å²) in [7, 11) is 0. The van der Waals surface area contributed by atoms with Crippen molar-refractivity contribution in [1.82, 2.24) is 9.88 Å². The van der Waals surface area contributed by atoms with Gasteiger partial charge < -0.3 is 4.57 Å². The summed E-state index contributed by atoms with van der Waals surface area (Å²) >= 11 is 0. The molecule has 4 rings (SSSR count). The number of imide groups is 2. The van der Waals surface area contributed by atoms with Crippen molar-refractivity contribution in [2.24, 2.45) is 0 Å². The molecular weight excluding hydrogens is 366 g/mol. The molecule has 6 heteroatoms. The number of anilines is 1. The van der Waals surface area contributed by atoms with Crippen LogP contribution in [0.4, 0.5) is 10.5 Å². The number of carbonyl (C=O) groups excluding carboxylic acids is 3. The van der Waals surface area contributed by atoms with Gasteiger partial charge in [0.05, 0.1) is 5.69 Å². The van der Waals surface area contributed by atoms with Crippen molar-refractivity contribution in [3.63, 3.8) is 0 Å². The Kier molecular flexibility index (Phi) is 4.86. The van der Waals surface area contributed by atoms with E-state index in [9.17, 15) is 14.4 Å². The Morgan fingerprint density at radius 1 is 1.00 bits per heavy atom. The molecule has 1 saturated carbocycles. The molecule has 1 aliphatic heterocycles. The standard InChI is InChI=1S/C23H25N3O3/c1-14-8-10-19(11-9-14)26-22(28)20(21(27)24-23(26)29)13-17-12-15(2)25(16(17)3)18-6-4-5-7-18/h8-13,18H,4-7H2,1-3H3,(H,24,27,29)/b20-13+. The fourth-order valence-corrected chi connectivity index (χ4v) is 4.41. The number of aryl methyl sites for hydroxylation is 2. The number of rotatable bonds is 3. The molecule has 2 aromatic rings. The summed E-state index contributed by atoms with van der Waals surface area (Å²) in [6.45, 7) is 6.00. The Bertz CT molecular complexity index is 1020. The van der Waals surface area contributed by atoms with Crippen LogP contribution in [-0.2, 0) is 9.59 Å². The molecule has 0 spiro atoms. The van der Waals surface area contributed by atoms with E-state index in [4.69, 9.17) is 0 Å². The van der Waals surface area contributed by atoms with Crippen LogP contribution >= 0.6 is 0 Å². The molecule has 1 saturated heterocycles. The van der Waals surface area contributed by atoms with Gasteiger partial charge in [-0.05, 0) is 63.5 Å². The average molecular weight is 391 g/mol. The van der Waals surface area contributed by atoms with Gasteiger partial charge in [0, 0.05) is 17.4 Å². The predicted octanol–water partition coefficient (Wildman–Crippen LogP) is 4.19. The molecule has 0 radical (unpaired) electrons. The molecule has 29 heavy (non-hydrogen) atoms. The van der Waals surface area contributed by atoms with E-state index in [-0.39, 0.29) is 5.57 Å². The van der Waals surface area contributed by atoms with Gasteiger partial charge in [-0.2, -0.15) is 0 Å². The lowest BCUT2D eigenvalue weighted by molar-refractivity contribution is -0.122. The number of carbonyl (C=O) groups is 3. The first-order chi connectivity index (χ1) is 13.9. The van der Waals surface area contributed by atoms with Crippen LogP contribution in [-0.4, -0.2) is 22.4 Å². The zero-order valence-electron chi connectivity index (χ0n) is 17.0. The first kappa shape index (κ1) is 19.2. The van der Waals surface area contributed by atoms with Crippen LogP contribution in [0, 0.1) is 20.8 Å². The van der Waals surface area contributed by atoms with E-state index in [0.29, 0.717) is 11.7 Å². The Hall–Kier alpha value is -3.15. The fraction of sp³-hybridized carbons (Fsp3) is 0.348. The van der Waals surface area contributed by atoms with Gasteiger partial charge in [-0.15, -0.1) is 0 Å². The van der Waals surface area contributed by atoms with Crippen molar-refractivity contribution in [2.75, 3.05) is 4.90 Å². The number of nitrogens with one attached hydrogen (secondary N) is 1. The molecule has 1 aromatic heterocycles.